The van der Waals surface area contributed by atoms with Crippen LogP contribution < -0.4 is 14.2 Å². The van der Waals surface area contributed by atoms with Crippen LogP contribution >= 0.6 is 0 Å². The van der Waals surface area contributed by atoms with E-state index in [1.165, 1.54) is 14.2 Å². The zero-order valence-electron chi connectivity index (χ0n) is 15.1. The van der Waals surface area contributed by atoms with Crippen molar-refractivity contribution in [2.75, 3.05) is 21.3 Å². The Bertz CT molecular complexity index is 898. The number of nitrogens with zero attached hydrogens (tertiary/aromatic N) is 2. The maximum absolute atomic E-state index is 12.3. The molecule has 0 saturated heterocycles. The summed E-state index contributed by atoms with van der Waals surface area (Å²) in [5.74, 6) is 1.72. The normalized spacial score (nSPS) is 10.3. The summed E-state index contributed by atoms with van der Waals surface area (Å²) in [6.45, 7) is -0.151. The van der Waals surface area contributed by atoms with E-state index < -0.39 is 5.97 Å². The second-order valence-electron chi connectivity index (χ2n) is 5.42. The molecule has 0 fully saturated rings. The van der Waals surface area contributed by atoms with Gasteiger partial charge in [-0.3, -0.25) is 0 Å². The maximum Gasteiger partial charge on any atom is 0.338 e. The van der Waals surface area contributed by atoms with Crippen molar-refractivity contribution in [2.45, 2.75) is 6.61 Å². The minimum Gasteiger partial charge on any atom is -0.497 e. The first-order chi connectivity index (χ1) is 13.1. The number of carbonyl (C=O) groups excluding carboxylic acids is 1. The number of hydrogen-bond donors (Lipinski definition) is 0. The van der Waals surface area contributed by atoms with E-state index in [0.29, 0.717) is 22.9 Å². The molecule has 0 N–H and O–H groups in total. The fourth-order valence-corrected chi connectivity index (χ4v) is 2.31. The summed E-state index contributed by atoms with van der Waals surface area (Å²) in [6.07, 6.45) is 0. The molecule has 8 nitrogen and oxygen atoms in total. The van der Waals surface area contributed by atoms with Crippen LogP contribution in [0.15, 0.2) is 47.0 Å². The number of rotatable bonds is 7. The van der Waals surface area contributed by atoms with Gasteiger partial charge in [0.2, 0.25) is 5.82 Å². The lowest BCUT2D eigenvalue weighted by atomic mass is 10.2. The Morgan fingerprint density at radius 1 is 0.926 bits per heavy atom. The van der Waals surface area contributed by atoms with Crippen LogP contribution in [0.5, 0.6) is 17.2 Å². The molecular formula is C19H18N2O6. The largest absolute Gasteiger partial charge is 0.497 e. The third-order valence-electron chi connectivity index (χ3n) is 3.73. The van der Waals surface area contributed by atoms with E-state index in [9.17, 15) is 4.79 Å². The van der Waals surface area contributed by atoms with Gasteiger partial charge in [-0.15, -0.1) is 0 Å². The predicted octanol–water partition coefficient (Wildman–Crippen LogP) is 3.12. The summed E-state index contributed by atoms with van der Waals surface area (Å²) >= 11 is 0. The highest BCUT2D eigenvalue weighted by molar-refractivity contribution is 5.90. The molecule has 0 aliphatic rings. The van der Waals surface area contributed by atoms with Gasteiger partial charge in [-0.1, -0.05) is 5.16 Å². The molecule has 140 valence electrons. The van der Waals surface area contributed by atoms with Crippen molar-refractivity contribution >= 4 is 5.97 Å². The molecule has 0 atom stereocenters. The van der Waals surface area contributed by atoms with Gasteiger partial charge in [-0.2, -0.15) is 4.98 Å². The van der Waals surface area contributed by atoms with Crippen molar-refractivity contribution in [3.8, 4) is 28.6 Å². The van der Waals surface area contributed by atoms with Crippen LogP contribution in [-0.4, -0.2) is 37.4 Å². The maximum atomic E-state index is 12.3. The van der Waals surface area contributed by atoms with Crippen molar-refractivity contribution in [3.63, 3.8) is 0 Å². The van der Waals surface area contributed by atoms with Gasteiger partial charge in [-0.25, -0.2) is 4.79 Å². The number of hydrogen-bond acceptors (Lipinski definition) is 8. The number of methoxy groups -OCH3 is 3. The van der Waals surface area contributed by atoms with Crippen LogP contribution in [0.3, 0.4) is 0 Å². The molecule has 3 aromatic rings. The van der Waals surface area contributed by atoms with Gasteiger partial charge < -0.3 is 23.5 Å². The SMILES string of the molecule is COc1ccc(-c2noc(COC(=O)c3cc(OC)cc(OC)c3)n2)cc1. The van der Waals surface area contributed by atoms with Gasteiger partial charge in [0.15, 0.2) is 6.61 Å². The molecule has 2 aromatic carbocycles. The molecule has 8 heteroatoms. The zero-order valence-corrected chi connectivity index (χ0v) is 15.1. The molecule has 27 heavy (non-hydrogen) atoms. The first-order valence-corrected chi connectivity index (χ1v) is 8.00. The second-order valence-corrected chi connectivity index (χ2v) is 5.42. The van der Waals surface area contributed by atoms with Crippen LogP contribution in [0.1, 0.15) is 16.2 Å². The summed E-state index contributed by atoms with van der Waals surface area (Å²) in [7, 11) is 4.60. The van der Waals surface area contributed by atoms with Crippen LogP contribution in [0.4, 0.5) is 0 Å². The Morgan fingerprint density at radius 3 is 2.15 bits per heavy atom. The Hall–Kier alpha value is -3.55. The summed E-state index contributed by atoms with van der Waals surface area (Å²) < 4.78 is 25.8. The first-order valence-electron chi connectivity index (χ1n) is 8.00. The first kappa shape index (κ1) is 18.2. The average molecular weight is 370 g/mol. The topological polar surface area (TPSA) is 92.9 Å². The fraction of sp³-hybridized carbons (Fsp3) is 0.211. The molecule has 0 aliphatic carbocycles. The molecule has 0 unspecified atom stereocenters. The van der Waals surface area contributed by atoms with Crippen molar-refractivity contribution in [1.29, 1.82) is 0 Å². The number of ether oxygens (including phenoxy) is 4. The summed E-state index contributed by atoms with van der Waals surface area (Å²) in [6, 6.07) is 12.0. The highest BCUT2D eigenvalue weighted by Crippen LogP contribution is 2.23. The van der Waals surface area contributed by atoms with E-state index >= 15 is 0 Å². The van der Waals surface area contributed by atoms with Gasteiger partial charge >= 0.3 is 5.97 Å². The molecule has 1 aromatic heterocycles. The molecule has 3 rings (SSSR count). The van der Waals surface area contributed by atoms with E-state index in [4.69, 9.17) is 23.5 Å². The highest BCUT2D eigenvalue weighted by atomic mass is 16.6. The number of esters is 1. The minimum absolute atomic E-state index is 0.151. The van der Waals surface area contributed by atoms with Crippen LogP contribution in [0.25, 0.3) is 11.4 Å². The Balaban J connectivity index is 1.66. The average Bonchev–Trinajstić information content (AvgIpc) is 3.20. The van der Waals surface area contributed by atoms with E-state index in [0.717, 1.165) is 11.3 Å². The zero-order chi connectivity index (χ0) is 19.2. The smallest absolute Gasteiger partial charge is 0.338 e. The summed E-state index contributed by atoms with van der Waals surface area (Å²) in [5, 5.41) is 3.89. The Morgan fingerprint density at radius 2 is 1.56 bits per heavy atom. The van der Waals surface area contributed by atoms with Gasteiger partial charge in [0.1, 0.15) is 17.2 Å². The summed E-state index contributed by atoms with van der Waals surface area (Å²) in [5.41, 5.74) is 1.05. The van der Waals surface area contributed by atoms with Gasteiger partial charge in [0, 0.05) is 11.6 Å². The molecule has 0 bridgehead atoms. The van der Waals surface area contributed by atoms with E-state index in [-0.39, 0.29) is 12.5 Å². The minimum atomic E-state index is -0.559. The highest BCUT2D eigenvalue weighted by Gasteiger charge is 2.14. The van der Waals surface area contributed by atoms with Gasteiger partial charge in [-0.05, 0) is 36.4 Å². The molecular weight excluding hydrogens is 352 g/mol. The van der Waals surface area contributed by atoms with Crippen LogP contribution in [-0.2, 0) is 11.3 Å². The number of benzene rings is 2. The van der Waals surface area contributed by atoms with Crippen molar-refractivity contribution in [3.05, 3.63) is 53.9 Å². The van der Waals surface area contributed by atoms with Gasteiger partial charge in [0.25, 0.3) is 5.89 Å². The van der Waals surface area contributed by atoms with Crippen molar-refractivity contribution < 1.29 is 28.3 Å². The lowest BCUT2D eigenvalue weighted by molar-refractivity contribution is 0.0429. The molecule has 0 radical (unpaired) electrons. The standard InChI is InChI=1S/C19H18N2O6/c1-23-14-6-4-12(5-7-14)18-20-17(27-21-18)11-26-19(22)13-8-15(24-2)10-16(9-13)25-3/h4-10H,11H2,1-3H3. The molecule has 0 aliphatic heterocycles. The molecule has 1 heterocycles. The predicted molar refractivity (Wildman–Crippen MR) is 95.0 cm³/mol. The van der Waals surface area contributed by atoms with E-state index in [2.05, 4.69) is 10.1 Å². The lowest BCUT2D eigenvalue weighted by Crippen LogP contribution is -2.06. The lowest BCUT2D eigenvalue weighted by Gasteiger charge is -2.07. The quantitative estimate of drug-likeness (QED) is 0.586. The fourth-order valence-electron chi connectivity index (χ4n) is 2.31. The number of carbonyl (C=O) groups is 1. The van der Waals surface area contributed by atoms with Crippen LogP contribution in [0.2, 0.25) is 0 Å². The van der Waals surface area contributed by atoms with Crippen molar-refractivity contribution in [1.82, 2.24) is 10.1 Å². The van der Waals surface area contributed by atoms with Crippen LogP contribution in [0, 0.1) is 0 Å². The molecule has 0 spiro atoms. The Labute approximate surface area is 155 Å². The van der Waals surface area contributed by atoms with Gasteiger partial charge in [0.05, 0.1) is 26.9 Å². The third-order valence-corrected chi connectivity index (χ3v) is 3.73. The third kappa shape index (κ3) is 4.35. The number of aromatic nitrogens is 2. The monoisotopic (exact) mass is 370 g/mol. The van der Waals surface area contributed by atoms with E-state index in [1.54, 1.807) is 37.4 Å². The summed E-state index contributed by atoms with van der Waals surface area (Å²) in [4.78, 5) is 16.5. The molecule has 0 amide bonds. The van der Waals surface area contributed by atoms with Crippen molar-refractivity contribution in [2.24, 2.45) is 0 Å². The molecule has 0 saturated carbocycles. The second kappa shape index (κ2) is 8.22. The van der Waals surface area contributed by atoms with E-state index in [1.807, 2.05) is 12.1 Å². The Kier molecular flexibility index (Phi) is 5.55.